The minimum Gasteiger partial charge on any atom is -0.317 e. The number of nitrogens with one attached hydrogen (secondary N) is 1. The standard InChI is InChI=1S/C17H34N2S/c1-5-16-12-19(8-9-20-16)11-15-10-14(13(2)3)6-7-17(15)18-4/h13-18H,5-12H2,1-4H3. The molecule has 20 heavy (non-hydrogen) atoms. The summed E-state index contributed by atoms with van der Waals surface area (Å²) in [7, 11) is 2.16. The third-order valence-electron chi connectivity index (χ3n) is 5.51. The lowest BCUT2D eigenvalue weighted by Crippen LogP contribution is -2.48. The first kappa shape index (κ1) is 16.6. The van der Waals surface area contributed by atoms with Crippen molar-refractivity contribution in [2.75, 3.05) is 32.4 Å². The second-order valence-electron chi connectivity index (χ2n) is 7.13. The highest BCUT2D eigenvalue weighted by Gasteiger charge is 2.33. The van der Waals surface area contributed by atoms with E-state index in [2.05, 4.69) is 49.8 Å². The summed E-state index contributed by atoms with van der Waals surface area (Å²) in [5.41, 5.74) is 0. The molecule has 1 heterocycles. The molecular formula is C17H34N2S. The minimum absolute atomic E-state index is 0.750. The van der Waals surface area contributed by atoms with Crippen LogP contribution in [-0.2, 0) is 0 Å². The van der Waals surface area contributed by atoms with Gasteiger partial charge in [0, 0.05) is 36.7 Å². The summed E-state index contributed by atoms with van der Waals surface area (Å²) >= 11 is 2.18. The van der Waals surface area contributed by atoms with E-state index in [0.717, 1.165) is 29.0 Å². The van der Waals surface area contributed by atoms with Gasteiger partial charge in [-0.2, -0.15) is 11.8 Å². The molecule has 2 rings (SSSR count). The first-order valence-corrected chi connectivity index (χ1v) is 9.70. The normalized spacial score (nSPS) is 36.5. The van der Waals surface area contributed by atoms with Gasteiger partial charge < -0.3 is 10.2 Å². The largest absolute Gasteiger partial charge is 0.317 e. The van der Waals surface area contributed by atoms with Crippen molar-refractivity contribution in [2.24, 2.45) is 17.8 Å². The Bertz CT molecular complexity index is 282. The number of thioether (sulfide) groups is 1. The fourth-order valence-electron chi connectivity index (χ4n) is 4.01. The molecule has 118 valence electrons. The Kier molecular flexibility index (Phi) is 6.70. The molecule has 1 aliphatic heterocycles. The predicted octanol–water partition coefficient (Wildman–Crippen LogP) is 3.47. The molecule has 4 unspecified atom stereocenters. The average molecular weight is 299 g/mol. The smallest absolute Gasteiger partial charge is 0.0172 e. The van der Waals surface area contributed by atoms with Crippen LogP contribution in [0.4, 0.5) is 0 Å². The quantitative estimate of drug-likeness (QED) is 0.836. The second-order valence-corrected chi connectivity index (χ2v) is 8.54. The summed E-state index contributed by atoms with van der Waals surface area (Å²) < 4.78 is 0. The third-order valence-corrected chi connectivity index (χ3v) is 6.88. The molecule has 1 aliphatic carbocycles. The number of hydrogen-bond donors (Lipinski definition) is 1. The van der Waals surface area contributed by atoms with E-state index < -0.39 is 0 Å². The maximum absolute atomic E-state index is 3.60. The summed E-state index contributed by atoms with van der Waals surface area (Å²) in [5, 5.41) is 4.47. The minimum atomic E-state index is 0.750. The Labute approximate surface area is 130 Å². The molecule has 3 heteroatoms. The number of rotatable bonds is 5. The lowest BCUT2D eigenvalue weighted by atomic mass is 9.73. The molecule has 0 amide bonds. The molecule has 0 bridgehead atoms. The van der Waals surface area contributed by atoms with Crippen LogP contribution in [0, 0.1) is 17.8 Å². The fraction of sp³-hybridized carbons (Fsp3) is 1.00. The van der Waals surface area contributed by atoms with Crippen LogP contribution in [0.3, 0.4) is 0 Å². The number of nitrogens with zero attached hydrogens (tertiary/aromatic N) is 1. The van der Waals surface area contributed by atoms with Gasteiger partial charge in [0.15, 0.2) is 0 Å². The fourth-order valence-corrected chi connectivity index (χ4v) is 5.26. The van der Waals surface area contributed by atoms with E-state index >= 15 is 0 Å². The van der Waals surface area contributed by atoms with Crippen molar-refractivity contribution >= 4 is 11.8 Å². The van der Waals surface area contributed by atoms with Gasteiger partial charge in [0.05, 0.1) is 0 Å². The Morgan fingerprint density at radius 2 is 2.10 bits per heavy atom. The Balaban J connectivity index is 1.90. The highest BCUT2D eigenvalue weighted by Crippen LogP contribution is 2.35. The average Bonchev–Trinajstić information content (AvgIpc) is 2.47. The zero-order chi connectivity index (χ0) is 14.5. The third kappa shape index (κ3) is 4.38. The Morgan fingerprint density at radius 1 is 1.30 bits per heavy atom. The van der Waals surface area contributed by atoms with Crippen molar-refractivity contribution in [1.29, 1.82) is 0 Å². The van der Waals surface area contributed by atoms with E-state index in [0.29, 0.717) is 0 Å². The SMILES string of the molecule is CCC1CN(CC2CC(C(C)C)CCC2NC)CCS1. The van der Waals surface area contributed by atoms with Crippen molar-refractivity contribution < 1.29 is 0 Å². The molecule has 2 nitrogen and oxygen atoms in total. The molecule has 1 saturated carbocycles. The molecule has 2 aliphatic rings. The lowest BCUT2D eigenvalue weighted by Gasteiger charge is -2.42. The van der Waals surface area contributed by atoms with Gasteiger partial charge in [0.2, 0.25) is 0 Å². The van der Waals surface area contributed by atoms with Crippen molar-refractivity contribution in [3.63, 3.8) is 0 Å². The summed E-state index contributed by atoms with van der Waals surface area (Å²) in [4.78, 5) is 2.75. The lowest BCUT2D eigenvalue weighted by molar-refractivity contribution is 0.126. The van der Waals surface area contributed by atoms with Crippen LogP contribution in [-0.4, -0.2) is 48.6 Å². The van der Waals surface area contributed by atoms with E-state index in [9.17, 15) is 0 Å². The summed E-state index contributed by atoms with van der Waals surface area (Å²) in [6.45, 7) is 11.1. The van der Waals surface area contributed by atoms with Crippen LogP contribution in [0.25, 0.3) is 0 Å². The molecule has 0 radical (unpaired) electrons. The zero-order valence-electron chi connectivity index (χ0n) is 13.9. The van der Waals surface area contributed by atoms with E-state index in [4.69, 9.17) is 0 Å². The van der Waals surface area contributed by atoms with E-state index in [-0.39, 0.29) is 0 Å². The molecule has 0 aromatic rings. The molecule has 4 atom stereocenters. The molecule has 1 saturated heterocycles. The summed E-state index contributed by atoms with van der Waals surface area (Å²) in [5.74, 6) is 4.01. The van der Waals surface area contributed by atoms with Gasteiger partial charge in [-0.15, -0.1) is 0 Å². The molecule has 0 aromatic heterocycles. The first-order chi connectivity index (χ1) is 9.63. The highest BCUT2D eigenvalue weighted by molar-refractivity contribution is 8.00. The van der Waals surface area contributed by atoms with Gasteiger partial charge in [-0.05, 0) is 50.5 Å². The van der Waals surface area contributed by atoms with Crippen LogP contribution in [0.2, 0.25) is 0 Å². The van der Waals surface area contributed by atoms with Gasteiger partial charge in [-0.1, -0.05) is 20.8 Å². The van der Waals surface area contributed by atoms with E-state index in [1.165, 1.54) is 51.1 Å². The predicted molar refractivity (Wildman–Crippen MR) is 91.5 cm³/mol. The van der Waals surface area contributed by atoms with Gasteiger partial charge in [0.25, 0.3) is 0 Å². The molecule has 1 N–H and O–H groups in total. The Hall–Kier alpha value is 0.270. The van der Waals surface area contributed by atoms with Crippen LogP contribution in [0.1, 0.15) is 46.5 Å². The van der Waals surface area contributed by atoms with Gasteiger partial charge in [-0.25, -0.2) is 0 Å². The van der Waals surface area contributed by atoms with Crippen LogP contribution in [0.5, 0.6) is 0 Å². The zero-order valence-corrected chi connectivity index (χ0v) is 14.7. The second kappa shape index (κ2) is 8.05. The highest BCUT2D eigenvalue weighted by atomic mass is 32.2. The van der Waals surface area contributed by atoms with Gasteiger partial charge >= 0.3 is 0 Å². The monoisotopic (exact) mass is 298 g/mol. The molecule has 0 spiro atoms. The van der Waals surface area contributed by atoms with Crippen molar-refractivity contribution in [3.05, 3.63) is 0 Å². The van der Waals surface area contributed by atoms with Crippen molar-refractivity contribution in [3.8, 4) is 0 Å². The maximum atomic E-state index is 3.60. The molecule has 2 fully saturated rings. The van der Waals surface area contributed by atoms with Crippen molar-refractivity contribution in [1.82, 2.24) is 10.2 Å². The summed E-state index contributed by atoms with van der Waals surface area (Å²) in [6.07, 6.45) is 5.57. The topological polar surface area (TPSA) is 15.3 Å². The van der Waals surface area contributed by atoms with Crippen molar-refractivity contribution in [2.45, 2.75) is 57.7 Å². The van der Waals surface area contributed by atoms with Gasteiger partial charge in [0.1, 0.15) is 0 Å². The Morgan fingerprint density at radius 3 is 2.75 bits per heavy atom. The first-order valence-electron chi connectivity index (χ1n) is 8.65. The molecular weight excluding hydrogens is 264 g/mol. The van der Waals surface area contributed by atoms with Crippen LogP contribution in [0.15, 0.2) is 0 Å². The molecule has 0 aromatic carbocycles. The van der Waals surface area contributed by atoms with E-state index in [1.807, 2.05) is 0 Å². The summed E-state index contributed by atoms with van der Waals surface area (Å²) in [6, 6.07) is 0.750. The van der Waals surface area contributed by atoms with E-state index in [1.54, 1.807) is 0 Å². The van der Waals surface area contributed by atoms with Crippen LogP contribution < -0.4 is 5.32 Å². The van der Waals surface area contributed by atoms with Crippen LogP contribution >= 0.6 is 11.8 Å². The number of hydrogen-bond acceptors (Lipinski definition) is 3. The maximum Gasteiger partial charge on any atom is 0.0172 e. The van der Waals surface area contributed by atoms with Gasteiger partial charge in [-0.3, -0.25) is 0 Å².